The Morgan fingerprint density at radius 1 is 1.14 bits per heavy atom. The molecule has 1 fully saturated rings. The van der Waals surface area contributed by atoms with Gasteiger partial charge in [-0.25, -0.2) is 4.68 Å². The van der Waals surface area contributed by atoms with E-state index >= 15 is 0 Å². The van der Waals surface area contributed by atoms with Crippen molar-refractivity contribution in [1.29, 1.82) is 0 Å². The number of hydrogen-bond donors (Lipinski definition) is 0. The number of hydrogen-bond acceptors (Lipinski definition) is 4. The van der Waals surface area contributed by atoms with Gasteiger partial charge in [-0.2, -0.15) is 0 Å². The Morgan fingerprint density at radius 2 is 1.86 bits per heavy atom. The number of rotatable bonds is 7. The molecule has 3 aromatic rings. The van der Waals surface area contributed by atoms with Crippen molar-refractivity contribution in [3.8, 4) is 0 Å². The minimum atomic E-state index is -0.205. The summed E-state index contributed by atoms with van der Waals surface area (Å²) in [6.07, 6.45) is 2.58. The van der Waals surface area contributed by atoms with Gasteiger partial charge in [0.1, 0.15) is 5.52 Å². The van der Waals surface area contributed by atoms with Crippen LogP contribution in [0.25, 0.3) is 10.9 Å². The van der Waals surface area contributed by atoms with Crippen molar-refractivity contribution in [3.05, 3.63) is 70.5 Å². The molecule has 0 saturated heterocycles. The van der Waals surface area contributed by atoms with Crippen molar-refractivity contribution in [2.24, 2.45) is 5.92 Å². The normalized spacial score (nSPS) is 14.8. The zero-order valence-electron chi connectivity index (χ0n) is 16.0. The lowest BCUT2D eigenvalue weighted by atomic mass is 10.1. The number of carbonyl (C=O) groups is 1. The zero-order valence-corrected chi connectivity index (χ0v) is 16.0. The van der Waals surface area contributed by atoms with E-state index in [1.54, 1.807) is 18.2 Å². The second kappa shape index (κ2) is 7.92. The molecule has 1 heterocycles. The minimum absolute atomic E-state index is 0.0464. The van der Waals surface area contributed by atoms with Crippen LogP contribution in [0.3, 0.4) is 0 Å². The average Bonchev–Trinajstić information content (AvgIpc) is 3.57. The van der Waals surface area contributed by atoms with Gasteiger partial charge < -0.3 is 4.90 Å². The highest BCUT2D eigenvalue weighted by atomic mass is 16.2. The largest absolute Gasteiger partial charge is 0.335 e. The van der Waals surface area contributed by atoms with Crippen molar-refractivity contribution in [2.45, 2.75) is 45.3 Å². The Kier molecular flexibility index (Phi) is 5.19. The predicted octanol–water partition coefficient (Wildman–Crippen LogP) is 3.01. The molecule has 1 atom stereocenters. The standard InChI is InChI=1S/C22H24N4O2/c1-16(18-11-12-18)25(15-17-7-3-2-4-8-17)21(27)13-14-26-22(28)19-9-5-6-10-20(19)23-24-26/h2-10,16,18H,11-15H2,1H3. The van der Waals surface area contributed by atoms with Gasteiger partial charge in [-0.05, 0) is 43.4 Å². The molecule has 0 N–H and O–H groups in total. The maximum Gasteiger partial charge on any atom is 0.277 e. The van der Waals surface area contributed by atoms with E-state index in [2.05, 4.69) is 17.2 Å². The molecule has 0 aliphatic heterocycles. The summed E-state index contributed by atoms with van der Waals surface area (Å²) < 4.78 is 1.29. The second-order valence-corrected chi connectivity index (χ2v) is 7.47. The molecular formula is C22H24N4O2. The molecule has 0 bridgehead atoms. The van der Waals surface area contributed by atoms with Crippen LogP contribution in [0.4, 0.5) is 0 Å². The first-order chi connectivity index (χ1) is 13.6. The molecular weight excluding hydrogens is 352 g/mol. The van der Waals surface area contributed by atoms with Gasteiger partial charge >= 0.3 is 0 Å². The third-order valence-corrected chi connectivity index (χ3v) is 5.48. The maximum atomic E-state index is 13.0. The molecule has 1 unspecified atom stereocenters. The number of aromatic nitrogens is 3. The van der Waals surface area contributed by atoms with E-state index in [1.807, 2.05) is 41.3 Å². The van der Waals surface area contributed by atoms with Crippen LogP contribution in [0.15, 0.2) is 59.4 Å². The van der Waals surface area contributed by atoms with Gasteiger partial charge in [-0.15, -0.1) is 5.10 Å². The summed E-state index contributed by atoms with van der Waals surface area (Å²) in [6.45, 7) is 2.95. The Morgan fingerprint density at radius 3 is 2.61 bits per heavy atom. The number of nitrogens with zero attached hydrogens (tertiary/aromatic N) is 4. The lowest BCUT2D eigenvalue weighted by Gasteiger charge is -2.30. The molecule has 144 valence electrons. The Bertz CT molecular complexity index is 1030. The number of amides is 1. The molecule has 28 heavy (non-hydrogen) atoms. The van der Waals surface area contributed by atoms with Crippen LogP contribution in [0.1, 0.15) is 31.7 Å². The fourth-order valence-corrected chi connectivity index (χ4v) is 3.59. The van der Waals surface area contributed by atoms with Gasteiger partial charge in [0, 0.05) is 19.0 Å². The first-order valence-electron chi connectivity index (χ1n) is 9.79. The van der Waals surface area contributed by atoms with E-state index in [0.29, 0.717) is 23.4 Å². The number of benzene rings is 2. The highest BCUT2D eigenvalue weighted by molar-refractivity contribution is 5.77. The van der Waals surface area contributed by atoms with E-state index in [4.69, 9.17) is 0 Å². The lowest BCUT2D eigenvalue weighted by Crippen LogP contribution is -2.40. The molecule has 0 spiro atoms. The SMILES string of the molecule is CC(C1CC1)N(Cc1ccccc1)C(=O)CCn1nnc2ccccc2c1=O. The summed E-state index contributed by atoms with van der Waals surface area (Å²) in [5.74, 6) is 0.626. The van der Waals surface area contributed by atoms with Crippen LogP contribution in [0.5, 0.6) is 0 Å². The molecule has 1 amide bonds. The second-order valence-electron chi connectivity index (χ2n) is 7.47. The molecule has 1 aliphatic carbocycles. The van der Waals surface area contributed by atoms with Crippen LogP contribution in [0.2, 0.25) is 0 Å². The van der Waals surface area contributed by atoms with Crippen LogP contribution >= 0.6 is 0 Å². The quantitative estimate of drug-likeness (QED) is 0.636. The van der Waals surface area contributed by atoms with Gasteiger partial charge in [0.25, 0.3) is 5.56 Å². The summed E-state index contributed by atoms with van der Waals surface area (Å²) in [5, 5.41) is 8.62. The Labute approximate surface area is 163 Å². The maximum absolute atomic E-state index is 13.0. The fraction of sp³-hybridized carbons (Fsp3) is 0.364. The van der Waals surface area contributed by atoms with E-state index < -0.39 is 0 Å². The molecule has 6 heteroatoms. The highest BCUT2D eigenvalue weighted by Crippen LogP contribution is 2.36. The van der Waals surface area contributed by atoms with E-state index in [0.717, 1.165) is 5.56 Å². The van der Waals surface area contributed by atoms with Crippen molar-refractivity contribution in [3.63, 3.8) is 0 Å². The third-order valence-electron chi connectivity index (χ3n) is 5.48. The highest BCUT2D eigenvalue weighted by Gasteiger charge is 2.34. The van der Waals surface area contributed by atoms with Gasteiger partial charge in [0.2, 0.25) is 5.91 Å². The Hall–Kier alpha value is -3.02. The summed E-state index contributed by atoms with van der Waals surface area (Å²) in [5.41, 5.74) is 1.48. The molecule has 1 aromatic heterocycles. The van der Waals surface area contributed by atoms with Gasteiger partial charge in [-0.3, -0.25) is 9.59 Å². The van der Waals surface area contributed by atoms with Crippen molar-refractivity contribution in [1.82, 2.24) is 19.9 Å². The molecule has 6 nitrogen and oxygen atoms in total. The van der Waals surface area contributed by atoms with Crippen molar-refractivity contribution in [2.75, 3.05) is 0 Å². The predicted molar refractivity (Wildman–Crippen MR) is 108 cm³/mol. The zero-order chi connectivity index (χ0) is 19.5. The average molecular weight is 376 g/mol. The van der Waals surface area contributed by atoms with Gasteiger partial charge in [0.05, 0.1) is 11.9 Å². The molecule has 1 aliphatic rings. The lowest BCUT2D eigenvalue weighted by molar-refractivity contribution is -0.134. The van der Waals surface area contributed by atoms with Gasteiger partial charge in [-0.1, -0.05) is 47.7 Å². The molecule has 0 radical (unpaired) electrons. The Balaban J connectivity index is 1.50. The van der Waals surface area contributed by atoms with E-state index in [-0.39, 0.29) is 30.5 Å². The van der Waals surface area contributed by atoms with E-state index in [1.165, 1.54) is 17.5 Å². The fourth-order valence-electron chi connectivity index (χ4n) is 3.59. The molecule has 4 rings (SSSR count). The number of fused-ring (bicyclic) bond motifs is 1. The first kappa shape index (κ1) is 18.3. The molecule has 1 saturated carbocycles. The number of carbonyl (C=O) groups excluding carboxylic acids is 1. The smallest absolute Gasteiger partial charge is 0.277 e. The van der Waals surface area contributed by atoms with Crippen molar-refractivity contribution < 1.29 is 4.79 Å². The van der Waals surface area contributed by atoms with Gasteiger partial charge in [0.15, 0.2) is 0 Å². The minimum Gasteiger partial charge on any atom is -0.335 e. The summed E-state index contributed by atoms with van der Waals surface area (Å²) in [4.78, 5) is 27.6. The monoisotopic (exact) mass is 376 g/mol. The number of aryl methyl sites for hydroxylation is 1. The van der Waals surface area contributed by atoms with Crippen LogP contribution in [0, 0.1) is 5.92 Å². The summed E-state index contributed by atoms with van der Waals surface area (Å²) in [6, 6.07) is 17.4. The van der Waals surface area contributed by atoms with Crippen molar-refractivity contribution >= 4 is 16.8 Å². The van der Waals surface area contributed by atoms with Crippen LogP contribution in [-0.4, -0.2) is 31.8 Å². The van der Waals surface area contributed by atoms with Crippen LogP contribution < -0.4 is 5.56 Å². The third kappa shape index (κ3) is 3.96. The molecule has 2 aromatic carbocycles. The summed E-state index contributed by atoms with van der Waals surface area (Å²) >= 11 is 0. The van der Waals surface area contributed by atoms with Crippen LogP contribution in [-0.2, 0) is 17.9 Å². The van der Waals surface area contributed by atoms with E-state index in [9.17, 15) is 9.59 Å². The first-order valence-corrected chi connectivity index (χ1v) is 9.79. The topological polar surface area (TPSA) is 68.1 Å². The summed E-state index contributed by atoms with van der Waals surface area (Å²) in [7, 11) is 0.